The number of carbonyl (C=O) groups is 1. The van der Waals surface area contributed by atoms with E-state index in [-0.39, 0.29) is 11.3 Å². The number of morpholine rings is 1. The van der Waals surface area contributed by atoms with Gasteiger partial charge >= 0.3 is 0 Å². The van der Waals surface area contributed by atoms with E-state index < -0.39 is 5.60 Å². The van der Waals surface area contributed by atoms with Crippen molar-refractivity contribution in [1.82, 2.24) is 4.90 Å². The first-order valence-corrected chi connectivity index (χ1v) is 12.9. The van der Waals surface area contributed by atoms with Crippen LogP contribution in [0.3, 0.4) is 0 Å². The van der Waals surface area contributed by atoms with E-state index in [1.807, 2.05) is 6.92 Å². The molecule has 1 N–H and O–H groups in total. The Kier molecular flexibility index (Phi) is 6.97. The van der Waals surface area contributed by atoms with Crippen molar-refractivity contribution in [3.05, 3.63) is 0 Å². The standard InChI is InChI=1S/C26H45NO3/c1-19-18-30-16-15-27(19)17-24(28)23-10-9-22-21-8-4-5-12-25(2,29)13-6-7-20(21)11-14-26(22,23)3/h19-23,29H,4-18H2,1-3H3. The van der Waals surface area contributed by atoms with Crippen LogP contribution in [0.5, 0.6) is 0 Å². The van der Waals surface area contributed by atoms with E-state index in [0.717, 1.165) is 69.6 Å². The molecule has 1 aliphatic heterocycles. The number of hydrogen-bond acceptors (Lipinski definition) is 4. The quantitative estimate of drug-likeness (QED) is 0.712. The first-order chi connectivity index (χ1) is 14.3. The van der Waals surface area contributed by atoms with E-state index in [0.29, 0.717) is 18.4 Å². The van der Waals surface area contributed by atoms with Crippen molar-refractivity contribution in [2.75, 3.05) is 26.3 Å². The van der Waals surface area contributed by atoms with Crippen LogP contribution in [0.1, 0.15) is 91.4 Å². The zero-order chi connectivity index (χ0) is 21.4. The Morgan fingerprint density at radius 1 is 1.03 bits per heavy atom. The summed E-state index contributed by atoms with van der Waals surface area (Å²) >= 11 is 0. The minimum Gasteiger partial charge on any atom is -0.390 e. The summed E-state index contributed by atoms with van der Waals surface area (Å²) in [5.41, 5.74) is -0.249. The van der Waals surface area contributed by atoms with E-state index in [1.165, 1.54) is 38.5 Å². The molecule has 4 heteroatoms. The van der Waals surface area contributed by atoms with Crippen LogP contribution in [0, 0.1) is 29.1 Å². The Morgan fingerprint density at radius 3 is 2.63 bits per heavy atom. The highest BCUT2D eigenvalue weighted by atomic mass is 16.5. The molecular weight excluding hydrogens is 374 g/mol. The van der Waals surface area contributed by atoms with Crippen molar-refractivity contribution in [2.24, 2.45) is 29.1 Å². The van der Waals surface area contributed by atoms with E-state index in [1.54, 1.807) is 0 Å². The molecule has 0 bridgehead atoms. The van der Waals surface area contributed by atoms with Gasteiger partial charge in [-0.1, -0.05) is 32.6 Å². The van der Waals surface area contributed by atoms with Gasteiger partial charge in [-0.2, -0.15) is 0 Å². The summed E-state index contributed by atoms with van der Waals surface area (Å²) in [6, 6.07) is 0.360. The second kappa shape index (κ2) is 9.19. The third-order valence-corrected chi connectivity index (χ3v) is 9.63. The summed E-state index contributed by atoms with van der Waals surface area (Å²) in [7, 11) is 0. The predicted octanol–water partition coefficient (Wildman–Crippen LogP) is 4.83. The normalized spacial score (nSPS) is 46.1. The molecule has 4 rings (SSSR count). The summed E-state index contributed by atoms with van der Waals surface area (Å²) in [4.78, 5) is 15.8. The molecule has 0 spiro atoms. The number of rotatable bonds is 3. The van der Waals surface area contributed by atoms with E-state index in [4.69, 9.17) is 4.74 Å². The molecule has 3 aliphatic carbocycles. The number of nitrogens with zero attached hydrogens (tertiary/aromatic N) is 1. The minimum atomic E-state index is -0.461. The Labute approximate surface area is 184 Å². The highest BCUT2D eigenvalue weighted by molar-refractivity contribution is 5.84. The van der Waals surface area contributed by atoms with Gasteiger partial charge in [-0.15, -0.1) is 0 Å². The molecule has 0 radical (unpaired) electrons. The van der Waals surface area contributed by atoms with Crippen LogP contribution >= 0.6 is 0 Å². The second-order valence-corrected chi connectivity index (χ2v) is 11.7. The molecule has 0 aromatic heterocycles. The average molecular weight is 420 g/mol. The lowest BCUT2D eigenvalue weighted by Crippen LogP contribution is -2.49. The first kappa shape index (κ1) is 22.7. The van der Waals surface area contributed by atoms with Crippen LogP contribution in [0.25, 0.3) is 0 Å². The lowest BCUT2D eigenvalue weighted by Gasteiger charge is -2.49. The Bertz CT molecular complexity index is 605. The molecule has 7 unspecified atom stereocenters. The number of fused-ring (bicyclic) bond motifs is 3. The molecule has 4 nitrogen and oxygen atoms in total. The molecule has 0 aromatic carbocycles. The molecule has 4 aliphatic rings. The van der Waals surface area contributed by atoms with E-state index >= 15 is 0 Å². The smallest absolute Gasteiger partial charge is 0.150 e. The van der Waals surface area contributed by atoms with Crippen molar-refractivity contribution >= 4 is 5.78 Å². The highest BCUT2D eigenvalue weighted by Crippen LogP contribution is 2.61. The van der Waals surface area contributed by atoms with Crippen LogP contribution in [0.4, 0.5) is 0 Å². The molecule has 3 saturated carbocycles. The van der Waals surface area contributed by atoms with Gasteiger partial charge in [0.05, 0.1) is 25.4 Å². The van der Waals surface area contributed by atoms with Crippen LogP contribution < -0.4 is 0 Å². The third-order valence-electron chi connectivity index (χ3n) is 9.63. The second-order valence-electron chi connectivity index (χ2n) is 11.7. The topological polar surface area (TPSA) is 49.8 Å². The van der Waals surface area contributed by atoms with Crippen molar-refractivity contribution in [1.29, 1.82) is 0 Å². The molecule has 0 amide bonds. The van der Waals surface area contributed by atoms with Crippen molar-refractivity contribution in [3.63, 3.8) is 0 Å². The summed E-state index contributed by atoms with van der Waals surface area (Å²) < 4.78 is 5.57. The fourth-order valence-electron chi connectivity index (χ4n) is 7.75. The Hall–Kier alpha value is -0.450. The van der Waals surface area contributed by atoms with Crippen molar-refractivity contribution in [2.45, 2.75) is 103 Å². The first-order valence-electron chi connectivity index (χ1n) is 12.9. The molecule has 0 aromatic rings. The SMILES string of the molecule is CC1COCCN1CC(=O)C1CCC2C3CCCCC(C)(O)CCCC3CCC12C. The van der Waals surface area contributed by atoms with Gasteiger partial charge in [0.25, 0.3) is 0 Å². The molecular formula is C26H45NO3. The van der Waals surface area contributed by atoms with Gasteiger partial charge in [0.2, 0.25) is 0 Å². The largest absolute Gasteiger partial charge is 0.390 e. The zero-order valence-corrected chi connectivity index (χ0v) is 19.7. The van der Waals surface area contributed by atoms with Gasteiger partial charge in [0, 0.05) is 18.5 Å². The number of Topliss-reactive ketones (excluding diaryl/α,β-unsaturated/α-hetero) is 1. The van der Waals surface area contributed by atoms with Gasteiger partial charge in [-0.3, -0.25) is 9.69 Å². The maximum atomic E-state index is 13.5. The maximum Gasteiger partial charge on any atom is 0.150 e. The maximum absolute atomic E-state index is 13.5. The van der Waals surface area contributed by atoms with Crippen LogP contribution in [-0.2, 0) is 9.53 Å². The average Bonchev–Trinajstić information content (AvgIpc) is 3.05. The van der Waals surface area contributed by atoms with Crippen molar-refractivity contribution in [3.8, 4) is 0 Å². The predicted molar refractivity (Wildman–Crippen MR) is 120 cm³/mol. The number of carbonyl (C=O) groups excluding carboxylic acids is 1. The van der Waals surface area contributed by atoms with Gasteiger partial charge < -0.3 is 9.84 Å². The molecule has 1 heterocycles. The van der Waals surface area contributed by atoms with Gasteiger partial charge in [-0.25, -0.2) is 0 Å². The van der Waals surface area contributed by atoms with Gasteiger partial charge in [-0.05, 0) is 82.0 Å². The van der Waals surface area contributed by atoms with Crippen molar-refractivity contribution < 1.29 is 14.6 Å². The van der Waals surface area contributed by atoms with Crippen LogP contribution in [-0.4, -0.2) is 53.7 Å². The van der Waals surface area contributed by atoms with Gasteiger partial charge in [0.15, 0.2) is 0 Å². The Morgan fingerprint density at radius 2 is 1.83 bits per heavy atom. The summed E-state index contributed by atoms with van der Waals surface area (Å²) in [6.07, 6.45) is 12.9. The summed E-state index contributed by atoms with van der Waals surface area (Å²) in [5, 5.41) is 10.6. The number of ether oxygens (including phenoxy) is 1. The number of hydrogen-bond donors (Lipinski definition) is 1. The molecule has 1 saturated heterocycles. The lowest BCUT2D eigenvalue weighted by molar-refractivity contribution is -0.131. The van der Waals surface area contributed by atoms with Gasteiger partial charge in [0.1, 0.15) is 5.78 Å². The van der Waals surface area contributed by atoms with Crippen LogP contribution in [0.2, 0.25) is 0 Å². The summed E-state index contributed by atoms with van der Waals surface area (Å²) in [6.45, 7) is 9.73. The fourth-order valence-corrected chi connectivity index (χ4v) is 7.75. The van der Waals surface area contributed by atoms with E-state index in [9.17, 15) is 9.90 Å². The number of ketones is 1. The third kappa shape index (κ3) is 4.66. The lowest BCUT2D eigenvalue weighted by atomic mass is 9.55. The molecule has 7 atom stereocenters. The molecule has 4 fully saturated rings. The fraction of sp³-hybridized carbons (Fsp3) is 0.962. The minimum absolute atomic E-state index is 0.212. The Balaban J connectivity index is 1.43. The molecule has 30 heavy (non-hydrogen) atoms. The monoisotopic (exact) mass is 419 g/mol. The molecule has 172 valence electrons. The van der Waals surface area contributed by atoms with Crippen LogP contribution in [0.15, 0.2) is 0 Å². The zero-order valence-electron chi connectivity index (χ0n) is 19.7. The summed E-state index contributed by atoms with van der Waals surface area (Å²) in [5.74, 6) is 3.10. The van der Waals surface area contributed by atoms with E-state index in [2.05, 4.69) is 18.7 Å². The number of aliphatic hydroxyl groups is 1. The highest BCUT2D eigenvalue weighted by Gasteiger charge is 2.55.